The summed E-state index contributed by atoms with van der Waals surface area (Å²) in [6.07, 6.45) is 5.10. The Morgan fingerprint density at radius 1 is 1.42 bits per heavy atom. The monoisotopic (exact) mass is 348 g/mol. The second kappa shape index (κ2) is 7.60. The molecule has 1 amide bonds. The number of benzene rings is 1. The van der Waals surface area contributed by atoms with Crippen LogP contribution in [0, 0.1) is 22.5 Å². The molecule has 1 rings (SSSR count). The SMILES string of the molecule is C#CCNC(=O)c1cccc(CO[Si](C)(C)C(C)(C)C)c1[N+](=O)[O-]. The minimum atomic E-state index is -2.06. The zero-order valence-corrected chi connectivity index (χ0v) is 15.8. The lowest BCUT2D eigenvalue weighted by Crippen LogP contribution is -2.40. The standard InChI is InChI=1S/C17H24N2O4Si/c1-7-11-18-16(20)14-10-8-9-13(15(14)19(21)22)12-23-24(5,6)17(2,3)4/h1,8-10H,11-12H2,2-6H3,(H,18,20). The first kappa shape index (κ1) is 19.9. The maximum atomic E-state index is 12.1. The minimum Gasteiger partial charge on any atom is -0.412 e. The molecule has 130 valence electrons. The molecule has 7 heteroatoms. The number of rotatable bonds is 6. The van der Waals surface area contributed by atoms with E-state index in [9.17, 15) is 14.9 Å². The second-order valence-corrected chi connectivity index (χ2v) is 11.8. The van der Waals surface area contributed by atoms with Crippen molar-refractivity contribution in [3.63, 3.8) is 0 Å². The van der Waals surface area contributed by atoms with Crippen LogP contribution in [0.15, 0.2) is 18.2 Å². The number of nitrogens with one attached hydrogen (secondary N) is 1. The number of carbonyl (C=O) groups excluding carboxylic acids is 1. The van der Waals surface area contributed by atoms with E-state index < -0.39 is 19.1 Å². The molecule has 0 unspecified atom stereocenters. The van der Waals surface area contributed by atoms with E-state index in [0.717, 1.165) is 0 Å². The molecule has 0 saturated carbocycles. The number of nitro benzene ring substituents is 1. The van der Waals surface area contributed by atoms with Crippen LogP contribution in [0.25, 0.3) is 0 Å². The lowest BCUT2D eigenvalue weighted by atomic mass is 10.1. The third kappa shape index (κ3) is 4.66. The fourth-order valence-electron chi connectivity index (χ4n) is 1.81. The molecule has 1 aromatic rings. The van der Waals surface area contributed by atoms with Crippen LogP contribution in [0.1, 0.15) is 36.7 Å². The quantitative estimate of drug-likeness (QED) is 0.369. The van der Waals surface area contributed by atoms with Gasteiger partial charge in [-0.15, -0.1) is 6.42 Å². The Hall–Kier alpha value is -2.17. The van der Waals surface area contributed by atoms with Crippen molar-refractivity contribution in [2.24, 2.45) is 0 Å². The molecular weight excluding hydrogens is 324 g/mol. The number of terminal acetylenes is 1. The predicted octanol–water partition coefficient (Wildman–Crippen LogP) is 3.48. The Morgan fingerprint density at radius 3 is 2.54 bits per heavy atom. The summed E-state index contributed by atoms with van der Waals surface area (Å²) < 4.78 is 6.06. The van der Waals surface area contributed by atoms with E-state index in [0.29, 0.717) is 5.56 Å². The number of hydrogen-bond donors (Lipinski definition) is 1. The van der Waals surface area contributed by atoms with Gasteiger partial charge in [-0.3, -0.25) is 14.9 Å². The zero-order valence-electron chi connectivity index (χ0n) is 14.8. The average Bonchev–Trinajstić information content (AvgIpc) is 2.48. The number of amides is 1. The van der Waals surface area contributed by atoms with E-state index in [2.05, 4.69) is 45.1 Å². The molecule has 0 aliphatic heterocycles. The third-order valence-corrected chi connectivity index (χ3v) is 8.77. The van der Waals surface area contributed by atoms with Crippen molar-refractivity contribution in [1.29, 1.82) is 0 Å². The maximum absolute atomic E-state index is 12.1. The topological polar surface area (TPSA) is 81.5 Å². The molecule has 0 saturated heterocycles. The highest BCUT2D eigenvalue weighted by molar-refractivity contribution is 6.74. The molecule has 0 heterocycles. The van der Waals surface area contributed by atoms with Crippen LogP contribution in [0.3, 0.4) is 0 Å². The van der Waals surface area contributed by atoms with Gasteiger partial charge in [0, 0.05) is 0 Å². The fourth-order valence-corrected chi connectivity index (χ4v) is 2.76. The van der Waals surface area contributed by atoms with Crippen molar-refractivity contribution in [1.82, 2.24) is 5.32 Å². The Balaban J connectivity index is 3.15. The molecular formula is C17H24N2O4Si. The van der Waals surface area contributed by atoms with Gasteiger partial charge >= 0.3 is 0 Å². The molecule has 0 spiro atoms. The highest BCUT2D eigenvalue weighted by atomic mass is 28.4. The molecule has 0 aliphatic rings. The van der Waals surface area contributed by atoms with Gasteiger partial charge in [0.15, 0.2) is 8.32 Å². The van der Waals surface area contributed by atoms with Crippen molar-refractivity contribution in [2.75, 3.05) is 6.54 Å². The van der Waals surface area contributed by atoms with Crippen LogP contribution in [0.4, 0.5) is 5.69 Å². The van der Waals surface area contributed by atoms with Gasteiger partial charge in [0.05, 0.1) is 23.6 Å². The van der Waals surface area contributed by atoms with E-state index in [1.165, 1.54) is 6.07 Å². The summed E-state index contributed by atoms with van der Waals surface area (Å²) in [5.41, 5.74) is 0.149. The molecule has 1 aromatic carbocycles. The lowest BCUT2D eigenvalue weighted by molar-refractivity contribution is -0.386. The summed E-state index contributed by atoms with van der Waals surface area (Å²) in [6.45, 7) is 10.5. The van der Waals surface area contributed by atoms with Crippen molar-refractivity contribution < 1.29 is 14.1 Å². The summed E-state index contributed by atoms with van der Waals surface area (Å²) in [4.78, 5) is 23.0. The van der Waals surface area contributed by atoms with E-state index >= 15 is 0 Å². The Bertz CT molecular complexity index is 672. The van der Waals surface area contributed by atoms with Crippen molar-refractivity contribution in [3.8, 4) is 12.3 Å². The van der Waals surface area contributed by atoms with E-state index in [4.69, 9.17) is 10.8 Å². The fraction of sp³-hybridized carbons (Fsp3) is 0.471. The molecule has 0 atom stereocenters. The third-order valence-electron chi connectivity index (χ3n) is 4.29. The van der Waals surface area contributed by atoms with Crippen LogP contribution in [0.2, 0.25) is 18.1 Å². The molecule has 0 fully saturated rings. The van der Waals surface area contributed by atoms with E-state index in [1.807, 2.05) is 0 Å². The highest BCUT2D eigenvalue weighted by Crippen LogP contribution is 2.37. The van der Waals surface area contributed by atoms with Crippen LogP contribution in [-0.2, 0) is 11.0 Å². The largest absolute Gasteiger partial charge is 0.412 e. The number of nitrogens with zero attached hydrogens (tertiary/aromatic N) is 1. The number of hydrogen-bond acceptors (Lipinski definition) is 4. The van der Waals surface area contributed by atoms with Crippen LogP contribution < -0.4 is 5.32 Å². The Labute approximate surface area is 143 Å². The number of carbonyl (C=O) groups is 1. The first-order valence-corrected chi connectivity index (χ1v) is 10.5. The molecule has 0 bridgehead atoms. The lowest BCUT2D eigenvalue weighted by Gasteiger charge is -2.36. The molecule has 0 aliphatic carbocycles. The summed E-state index contributed by atoms with van der Waals surface area (Å²) in [6, 6.07) is 4.64. The molecule has 1 N–H and O–H groups in total. The van der Waals surface area contributed by atoms with Gasteiger partial charge in [0.2, 0.25) is 0 Å². The van der Waals surface area contributed by atoms with Gasteiger partial charge in [-0.2, -0.15) is 0 Å². The molecule has 6 nitrogen and oxygen atoms in total. The van der Waals surface area contributed by atoms with E-state index in [-0.39, 0.29) is 29.4 Å². The molecule has 24 heavy (non-hydrogen) atoms. The zero-order chi connectivity index (χ0) is 18.5. The molecule has 0 radical (unpaired) electrons. The Morgan fingerprint density at radius 2 is 2.04 bits per heavy atom. The normalized spacial score (nSPS) is 11.7. The molecule has 0 aromatic heterocycles. The number of para-hydroxylation sites is 1. The predicted molar refractivity (Wildman–Crippen MR) is 96.2 cm³/mol. The summed E-state index contributed by atoms with van der Waals surface area (Å²) in [5, 5.41) is 13.9. The smallest absolute Gasteiger partial charge is 0.287 e. The van der Waals surface area contributed by atoms with Crippen molar-refractivity contribution >= 4 is 19.9 Å². The van der Waals surface area contributed by atoms with Crippen LogP contribution in [-0.4, -0.2) is 25.7 Å². The first-order valence-electron chi connectivity index (χ1n) is 7.63. The first-order chi connectivity index (χ1) is 11.0. The highest BCUT2D eigenvalue weighted by Gasteiger charge is 2.37. The van der Waals surface area contributed by atoms with Gasteiger partial charge in [0.1, 0.15) is 5.56 Å². The van der Waals surface area contributed by atoms with Gasteiger partial charge in [-0.05, 0) is 30.3 Å². The minimum absolute atomic E-state index is 0.00779. The van der Waals surface area contributed by atoms with Crippen LogP contribution >= 0.6 is 0 Å². The van der Waals surface area contributed by atoms with Gasteiger partial charge < -0.3 is 9.74 Å². The number of nitro groups is 1. The van der Waals surface area contributed by atoms with Crippen molar-refractivity contribution in [3.05, 3.63) is 39.4 Å². The second-order valence-electron chi connectivity index (χ2n) is 7.01. The van der Waals surface area contributed by atoms with Crippen LogP contribution in [0.5, 0.6) is 0 Å². The Kier molecular flexibility index (Phi) is 6.29. The maximum Gasteiger partial charge on any atom is 0.287 e. The van der Waals surface area contributed by atoms with Gasteiger partial charge in [0.25, 0.3) is 11.6 Å². The summed E-state index contributed by atoms with van der Waals surface area (Å²) >= 11 is 0. The summed E-state index contributed by atoms with van der Waals surface area (Å²) in [5.74, 6) is 1.71. The van der Waals surface area contributed by atoms with Crippen molar-refractivity contribution in [2.45, 2.75) is 45.5 Å². The van der Waals surface area contributed by atoms with Gasteiger partial charge in [-0.1, -0.05) is 32.8 Å². The van der Waals surface area contributed by atoms with Gasteiger partial charge in [-0.25, -0.2) is 0 Å². The summed E-state index contributed by atoms with van der Waals surface area (Å²) in [7, 11) is -2.06. The van der Waals surface area contributed by atoms with E-state index in [1.54, 1.807) is 12.1 Å². The average molecular weight is 348 g/mol.